The third kappa shape index (κ3) is 10.1. The number of benzene rings is 4. The van der Waals surface area contributed by atoms with Gasteiger partial charge in [-0.25, -0.2) is 17.5 Å². The first-order valence-electron chi connectivity index (χ1n) is 13.6. The molecule has 0 aromatic heterocycles. The van der Waals surface area contributed by atoms with Crippen LogP contribution in [0.1, 0.15) is 27.0 Å². The molecule has 0 saturated heterocycles. The maximum Gasteiger partial charge on any atom is 0.307 e. The number of hydrogen-bond acceptors (Lipinski definition) is 6. The lowest BCUT2D eigenvalue weighted by molar-refractivity contribution is -0.136. The Morgan fingerprint density at radius 2 is 1.51 bits per heavy atom. The fourth-order valence-corrected chi connectivity index (χ4v) is 5.25. The third-order valence-electron chi connectivity index (χ3n) is 6.46. The zero-order valence-electron chi connectivity index (χ0n) is 23.8. The van der Waals surface area contributed by atoms with Gasteiger partial charge in [-0.05, 0) is 90.3 Å². The maximum atomic E-state index is 13.1. The van der Waals surface area contributed by atoms with E-state index in [-0.39, 0.29) is 23.8 Å². The van der Waals surface area contributed by atoms with Crippen LogP contribution in [0.25, 0.3) is 0 Å². The topological polar surface area (TPSA) is 151 Å². The number of nitrogens with one attached hydrogen (secondary N) is 3. The molecule has 13 heteroatoms. The van der Waals surface area contributed by atoms with Crippen molar-refractivity contribution in [1.82, 2.24) is 15.4 Å². The molecule has 234 valence electrons. The van der Waals surface area contributed by atoms with Crippen LogP contribution >= 0.6 is 11.6 Å². The van der Waals surface area contributed by atoms with E-state index in [1.165, 1.54) is 0 Å². The first-order chi connectivity index (χ1) is 21.5. The largest absolute Gasteiger partial charge is 0.481 e. The van der Waals surface area contributed by atoms with Gasteiger partial charge in [-0.1, -0.05) is 29.8 Å². The predicted molar refractivity (Wildman–Crippen MR) is 165 cm³/mol. The number of carbonyl (C=O) groups excluding carboxylic acids is 2. The van der Waals surface area contributed by atoms with Gasteiger partial charge in [0.25, 0.3) is 5.91 Å². The van der Waals surface area contributed by atoms with Crippen molar-refractivity contribution in [1.29, 1.82) is 0 Å². The summed E-state index contributed by atoms with van der Waals surface area (Å²) in [5.74, 6) is -1.86. The van der Waals surface area contributed by atoms with Crippen LogP contribution in [0.2, 0.25) is 5.02 Å². The summed E-state index contributed by atoms with van der Waals surface area (Å²) >= 11 is 5.90. The molecule has 4 aromatic rings. The van der Waals surface area contributed by atoms with Crippen LogP contribution in [-0.4, -0.2) is 44.4 Å². The van der Waals surface area contributed by atoms with Gasteiger partial charge in [-0.15, -0.1) is 0 Å². The van der Waals surface area contributed by atoms with Crippen molar-refractivity contribution in [2.75, 3.05) is 13.1 Å². The van der Waals surface area contributed by atoms with Crippen molar-refractivity contribution < 1.29 is 37.0 Å². The maximum absolute atomic E-state index is 13.1. The number of halogens is 2. The number of carboxylic acid groups (broad SMARTS) is 1. The van der Waals surface area contributed by atoms with Gasteiger partial charge < -0.3 is 20.5 Å². The fourth-order valence-electron chi connectivity index (χ4n) is 4.14. The molecule has 4 aromatic carbocycles. The van der Waals surface area contributed by atoms with Crippen molar-refractivity contribution in [3.63, 3.8) is 0 Å². The Morgan fingerprint density at radius 3 is 2.18 bits per heavy atom. The van der Waals surface area contributed by atoms with Gasteiger partial charge in [0, 0.05) is 29.2 Å². The fraction of sp³-hybridized carbons (Fsp3) is 0.156. The smallest absolute Gasteiger partial charge is 0.307 e. The number of hydrogen-bond donors (Lipinski definition) is 4. The van der Waals surface area contributed by atoms with E-state index in [2.05, 4.69) is 15.4 Å². The van der Waals surface area contributed by atoms with Crippen molar-refractivity contribution in [3.8, 4) is 11.5 Å². The molecule has 0 atom stereocenters. The molecule has 0 aliphatic rings. The summed E-state index contributed by atoms with van der Waals surface area (Å²) in [6.45, 7) is -0.258. The highest BCUT2D eigenvalue weighted by Gasteiger charge is 2.16. The average molecular weight is 654 g/mol. The molecule has 0 bridgehead atoms. The molecule has 4 rings (SSSR count). The lowest BCUT2D eigenvalue weighted by Gasteiger charge is -2.14. The van der Waals surface area contributed by atoms with Crippen LogP contribution in [0.3, 0.4) is 0 Å². The number of carboxylic acids is 1. The minimum absolute atomic E-state index is 0.103. The third-order valence-corrected chi connectivity index (χ3v) is 8.13. The number of rotatable bonds is 14. The standard InChI is InChI=1S/C32H29ClFN3O7S/c33-25-6-1-21(2-7-25)15-16-35-32(41)23-4-10-27(11-5-23)44-29-14-3-22(18-31(39)40)17-24(29)19-36-30(38)20-37-45(42,43)28-12-8-26(34)9-13-28/h1-14,17,37H,15-16,18-20H2,(H,35,41)(H,36,38)(H,39,40). The number of ether oxygens (including phenoxy) is 1. The number of sulfonamides is 1. The first-order valence-corrected chi connectivity index (χ1v) is 15.5. The van der Waals surface area contributed by atoms with E-state index in [4.69, 9.17) is 16.3 Å². The zero-order chi connectivity index (χ0) is 32.4. The summed E-state index contributed by atoms with van der Waals surface area (Å²) in [4.78, 5) is 36.1. The predicted octanol–water partition coefficient (Wildman–Crippen LogP) is 4.47. The number of amides is 2. The number of aliphatic carboxylic acids is 1. The lowest BCUT2D eigenvalue weighted by atomic mass is 10.1. The molecule has 0 heterocycles. The van der Waals surface area contributed by atoms with Crippen molar-refractivity contribution in [2.45, 2.75) is 24.3 Å². The quantitative estimate of drug-likeness (QED) is 0.157. The summed E-state index contributed by atoms with van der Waals surface area (Å²) < 4.78 is 46.1. The summed E-state index contributed by atoms with van der Waals surface area (Å²) in [6, 6.07) is 22.6. The minimum Gasteiger partial charge on any atom is -0.481 e. The first kappa shape index (κ1) is 33.1. The van der Waals surface area contributed by atoms with Crippen LogP contribution in [0, 0.1) is 5.82 Å². The molecule has 0 aliphatic carbocycles. The van der Waals surface area contributed by atoms with Gasteiger partial charge in [0.1, 0.15) is 17.3 Å². The molecule has 0 unspecified atom stereocenters. The van der Waals surface area contributed by atoms with E-state index in [1.54, 1.807) is 54.6 Å². The summed E-state index contributed by atoms with van der Waals surface area (Å²) in [5.41, 5.74) is 2.36. The highest BCUT2D eigenvalue weighted by Crippen LogP contribution is 2.27. The molecular formula is C32H29ClFN3O7S. The SMILES string of the molecule is O=C(O)Cc1ccc(Oc2ccc(C(=O)NCCc3ccc(Cl)cc3)cc2)c(CNC(=O)CNS(=O)(=O)c2ccc(F)cc2)c1. The average Bonchev–Trinajstić information content (AvgIpc) is 3.01. The van der Waals surface area contributed by atoms with Crippen LogP contribution < -0.4 is 20.1 Å². The molecule has 45 heavy (non-hydrogen) atoms. The van der Waals surface area contributed by atoms with Gasteiger partial charge in [0.15, 0.2) is 0 Å². The van der Waals surface area contributed by atoms with Gasteiger partial charge >= 0.3 is 5.97 Å². The lowest BCUT2D eigenvalue weighted by Crippen LogP contribution is -2.36. The molecule has 2 amide bonds. The molecule has 0 radical (unpaired) electrons. The van der Waals surface area contributed by atoms with E-state index >= 15 is 0 Å². The molecule has 0 fully saturated rings. The summed E-state index contributed by atoms with van der Waals surface area (Å²) in [7, 11) is -4.05. The minimum atomic E-state index is -4.05. The van der Waals surface area contributed by atoms with Crippen LogP contribution in [-0.2, 0) is 39.0 Å². The Hall–Kier alpha value is -4.78. The Balaban J connectivity index is 1.36. The Kier molecular flexibility index (Phi) is 11.3. The Labute approximate surface area is 264 Å². The van der Waals surface area contributed by atoms with Gasteiger partial charge in [0.05, 0.1) is 17.9 Å². The van der Waals surface area contributed by atoms with E-state index < -0.39 is 34.3 Å². The highest BCUT2D eigenvalue weighted by molar-refractivity contribution is 7.89. The van der Waals surface area contributed by atoms with Crippen molar-refractivity contribution in [2.24, 2.45) is 0 Å². The van der Waals surface area contributed by atoms with E-state index in [0.29, 0.717) is 46.2 Å². The van der Waals surface area contributed by atoms with E-state index in [0.717, 1.165) is 29.8 Å². The van der Waals surface area contributed by atoms with Crippen molar-refractivity contribution >= 4 is 39.4 Å². The van der Waals surface area contributed by atoms with Crippen molar-refractivity contribution in [3.05, 3.63) is 124 Å². The molecule has 0 saturated carbocycles. The monoisotopic (exact) mass is 653 g/mol. The summed E-state index contributed by atoms with van der Waals surface area (Å²) in [5, 5.41) is 15.3. The van der Waals surface area contributed by atoms with Gasteiger partial charge in [-0.2, -0.15) is 0 Å². The van der Waals surface area contributed by atoms with E-state index in [9.17, 15) is 32.3 Å². The normalized spacial score (nSPS) is 11.1. The number of carbonyl (C=O) groups is 3. The Bertz CT molecular complexity index is 1770. The van der Waals surface area contributed by atoms with Crippen LogP contribution in [0.5, 0.6) is 11.5 Å². The van der Waals surface area contributed by atoms with Crippen LogP contribution in [0.15, 0.2) is 95.9 Å². The Morgan fingerprint density at radius 1 is 0.844 bits per heavy atom. The highest BCUT2D eigenvalue weighted by atomic mass is 35.5. The van der Waals surface area contributed by atoms with Crippen LogP contribution in [0.4, 0.5) is 4.39 Å². The molecule has 4 N–H and O–H groups in total. The van der Waals surface area contributed by atoms with Gasteiger partial charge in [0.2, 0.25) is 15.9 Å². The second-order valence-corrected chi connectivity index (χ2v) is 12.0. The zero-order valence-corrected chi connectivity index (χ0v) is 25.3. The second kappa shape index (κ2) is 15.3. The van der Waals surface area contributed by atoms with E-state index in [1.807, 2.05) is 12.1 Å². The summed E-state index contributed by atoms with van der Waals surface area (Å²) in [6.07, 6.45) is 0.377. The second-order valence-electron chi connectivity index (χ2n) is 9.83. The molecule has 0 spiro atoms. The molecule has 0 aliphatic heterocycles. The molecule has 10 nitrogen and oxygen atoms in total. The van der Waals surface area contributed by atoms with Gasteiger partial charge in [-0.3, -0.25) is 14.4 Å². The molecular weight excluding hydrogens is 625 g/mol.